The quantitative estimate of drug-likeness (QED) is 0.888. The van der Waals surface area contributed by atoms with Crippen LogP contribution in [0, 0.1) is 11.3 Å². The van der Waals surface area contributed by atoms with E-state index in [9.17, 15) is 4.79 Å². The number of amides is 1. The fraction of sp³-hybridized carbons (Fsp3) is 0.714. The second kappa shape index (κ2) is 6.43. The van der Waals surface area contributed by atoms with Gasteiger partial charge in [0.15, 0.2) is 0 Å². The molecule has 0 bridgehead atoms. The van der Waals surface area contributed by atoms with E-state index in [0.717, 1.165) is 44.2 Å². The molecule has 1 N–H and O–H groups in total. The summed E-state index contributed by atoms with van der Waals surface area (Å²) in [6.45, 7) is 8.56. The Balaban J connectivity index is 1.20. The summed E-state index contributed by atoms with van der Waals surface area (Å²) in [5.74, 6) is 1.88. The molecular formula is C21H31N3O2. The van der Waals surface area contributed by atoms with E-state index >= 15 is 0 Å². The highest BCUT2D eigenvalue weighted by molar-refractivity contribution is 5.69. The number of aryl methyl sites for hydroxylation is 2. The van der Waals surface area contributed by atoms with Crippen LogP contribution < -0.4 is 5.32 Å². The van der Waals surface area contributed by atoms with Crippen LogP contribution in [0.25, 0.3) is 0 Å². The number of aromatic nitrogens is 1. The molecule has 5 nitrogen and oxygen atoms in total. The molecule has 0 aromatic carbocycles. The molecular weight excluding hydrogens is 326 g/mol. The summed E-state index contributed by atoms with van der Waals surface area (Å²) < 4.78 is 5.45. The zero-order chi connectivity index (χ0) is 18.4. The van der Waals surface area contributed by atoms with E-state index in [1.165, 1.54) is 36.9 Å². The minimum atomic E-state index is -0.404. The number of likely N-dealkylation sites (tertiary alicyclic amines) is 1. The lowest BCUT2D eigenvalue weighted by atomic mass is 9.57. The summed E-state index contributed by atoms with van der Waals surface area (Å²) >= 11 is 0. The molecule has 1 aromatic rings. The van der Waals surface area contributed by atoms with E-state index in [2.05, 4.69) is 17.4 Å². The molecule has 4 rings (SSSR count). The van der Waals surface area contributed by atoms with Crippen LogP contribution in [0.3, 0.4) is 0 Å². The zero-order valence-electron chi connectivity index (χ0n) is 16.3. The summed E-state index contributed by atoms with van der Waals surface area (Å²) in [7, 11) is 0. The van der Waals surface area contributed by atoms with Crippen molar-refractivity contribution in [2.24, 2.45) is 11.3 Å². The van der Waals surface area contributed by atoms with Crippen molar-refractivity contribution in [1.29, 1.82) is 0 Å². The number of anilines is 1. The fourth-order valence-electron chi connectivity index (χ4n) is 4.71. The highest BCUT2D eigenvalue weighted by atomic mass is 16.6. The van der Waals surface area contributed by atoms with Crippen molar-refractivity contribution >= 4 is 11.9 Å². The monoisotopic (exact) mass is 357 g/mol. The van der Waals surface area contributed by atoms with Crippen LogP contribution in [0.15, 0.2) is 12.1 Å². The van der Waals surface area contributed by atoms with E-state index in [0.29, 0.717) is 5.41 Å². The van der Waals surface area contributed by atoms with Crippen molar-refractivity contribution in [1.82, 2.24) is 9.88 Å². The van der Waals surface area contributed by atoms with Gasteiger partial charge in [-0.15, -0.1) is 0 Å². The average Bonchev–Trinajstić information content (AvgIpc) is 2.50. The maximum absolute atomic E-state index is 12.1. The van der Waals surface area contributed by atoms with Gasteiger partial charge in [-0.25, -0.2) is 9.78 Å². The van der Waals surface area contributed by atoms with Crippen LogP contribution in [0.5, 0.6) is 0 Å². The molecule has 2 fully saturated rings. The molecule has 3 heterocycles. The molecule has 0 atom stereocenters. The predicted molar refractivity (Wildman–Crippen MR) is 102 cm³/mol. The lowest BCUT2D eigenvalue weighted by molar-refractivity contribution is -0.0964. The van der Waals surface area contributed by atoms with Gasteiger partial charge in [0.1, 0.15) is 11.4 Å². The van der Waals surface area contributed by atoms with Gasteiger partial charge in [-0.3, -0.25) is 0 Å². The molecule has 0 radical (unpaired) electrons. The Hall–Kier alpha value is -1.78. The van der Waals surface area contributed by atoms with Crippen LogP contribution in [-0.4, -0.2) is 41.2 Å². The zero-order valence-corrected chi connectivity index (χ0v) is 16.3. The van der Waals surface area contributed by atoms with Crippen molar-refractivity contribution < 1.29 is 9.53 Å². The molecule has 1 saturated carbocycles. The minimum Gasteiger partial charge on any atom is -0.444 e. The number of pyridine rings is 1. The third kappa shape index (κ3) is 3.67. The lowest BCUT2D eigenvalue weighted by Gasteiger charge is -2.59. The fourth-order valence-corrected chi connectivity index (χ4v) is 4.71. The molecule has 1 spiro atoms. The van der Waals surface area contributed by atoms with Gasteiger partial charge in [-0.1, -0.05) is 6.07 Å². The molecule has 5 heteroatoms. The van der Waals surface area contributed by atoms with Gasteiger partial charge in [0.25, 0.3) is 0 Å². The van der Waals surface area contributed by atoms with Crippen molar-refractivity contribution in [2.45, 2.75) is 64.9 Å². The van der Waals surface area contributed by atoms with Crippen molar-refractivity contribution in [3.63, 3.8) is 0 Å². The average molecular weight is 357 g/mol. The molecule has 2 aliphatic heterocycles. The topological polar surface area (TPSA) is 54.5 Å². The van der Waals surface area contributed by atoms with Gasteiger partial charge in [-0.2, -0.15) is 0 Å². The Kier molecular flexibility index (Phi) is 4.36. The van der Waals surface area contributed by atoms with E-state index in [1.54, 1.807) is 0 Å². The summed E-state index contributed by atoms with van der Waals surface area (Å²) in [6.07, 6.45) is 6.96. The van der Waals surface area contributed by atoms with E-state index in [4.69, 9.17) is 9.72 Å². The van der Waals surface area contributed by atoms with E-state index < -0.39 is 5.60 Å². The van der Waals surface area contributed by atoms with Crippen molar-refractivity contribution in [3.05, 3.63) is 23.4 Å². The minimum absolute atomic E-state index is 0.155. The first-order valence-electron chi connectivity index (χ1n) is 10.0. The Morgan fingerprint density at radius 1 is 1.35 bits per heavy atom. The van der Waals surface area contributed by atoms with Crippen LogP contribution in [0.4, 0.5) is 10.6 Å². The normalized spacial score (nSPS) is 21.4. The number of ether oxygens (including phenoxy) is 1. The number of carbonyl (C=O) groups excluding carboxylic acids is 1. The Morgan fingerprint density at radius 3 is 2.85 bits per heavy atom. The van der Waals surface area contributed by atoms with Gasteiger partial charge >= 0.3 is 6.09 Å². The van der Waals surface area contributed by atoms with Crippen LogP contribution in [-0.2, 0) is 17.6 Å². The molecule has 1 saturated heterocycles. The Bertz CT molecular complexity index is 681. The summed E-state index contributed by atoms with van der Waals surface area (Å²) in [5, 5.41) is 3.42. The van der Waals surface area contributed by atoms with E-state index in [1.807, 2.05) is 25.7 Å². The molecule has 3 aliphatic rings. The second-order valence-electron chi connectivity index (χ2n) is 9.49. The largest absolute Gasteiger partial charge is 0.444 e. The Morgan fingerprint density at radius 2 is 2.12 bits per heavy atom. The maximum atomic E-state index is 12.1. The van der Waals surface area contributed by atoms with Gasteiger partial charge in [-0.05, 0) is 76.8 Å². The van der Waals surface area contributed by atoms with Crippen LogP contribution >= 0.6 is 0 Å². The smallest absolute Gasteiger partial charge is 0.410 e. The number of rotatable bonds is 3. The lowest BCUT2D eigenvalue weighted by Crippen LogP contribution is -2.64. The number of hydrogen-bond donors (Lipinski definition) is 1. The summed E-state index contributed by atoms with van der Waals surface area (Å²) in [4.78, 5) is 18.7. The predicted octanol–water partition coefficient (Wildman–Crippen LogP) is 4.02. The third-order valence-electron chi connectivity index (χ3n) is 5.91. The first kappa shape index (κ1) is 17.6. The van der Waals surface area contributed by atoms with Crippen LogP contribution in [0.2, 0.25) is 0 Å². The number of nitrogens with one attached hydrogen (secondary N) is 1. The van der Waals surface area contributed by atoms with Gasteiger partial charge < -0.3 is 15.0 Å². The van der Waals surface area contributed by atoms with E-state index in [-0.39, 0.29) is 6.09 Å². The molecule has 0 unspecified atom stereocenters. The number of hydrogen-bond acceptors (Lipinski definition) is 4. The highest BCUT2D eigenvalue weighted by Gasteiger charge is 2.53. The molecule has 142 valence electrons. The summed E-state index contributed by atoms with van der Waals surface area (Å²) in [6, 6.07) is 4.45. The highest BCUT2D eigenvalue weighted by Crippen LogP contribution is 2.53. The van der Waals surface area contributed by atoms with Crippen molar-refractivity contribution in [3.8, 4) is 0 Å². The third-order valence-corrected chi connectivity index (χ3v) is 5.91. The first-order chi connectivity index (χ1) is 12.3. The SMILES string of the molecule is CC(C)(C)OC(=O)N1CC2(CC(CCc3ccc4c(n3)NCCC4)C2)C1. The molecule has 1 aromatic heterocycles. The first-order valence-corrected chi connectivity index (χ1v) is 10.0. The number of nitrogens with zero attached hydrogens (tertiary/aromatic N) is 2. The molecule has 26 heavy (non-hydrogen) atoms. The molecule has 1 aliphatic carbocycles. The molecule has 1 amide bonds. The Labute approximate surface area is 156 Å². The van der Waals surface area contributed by atoms with Crippen molar-refractivity contribution in [2.75, 3.05) is 25.0 Å². The van der Waals surface area contributed by atoms with Crippen LogP contribution in [0.1, 0.15) is 57.7 Å². The number of fused-ring (bicyclic) bond motifs is 1. The maximum Gasteiger partial charge on any atom is 0.410 e. The van der Waals surface area contributed by atoms with Gasteiger partial charge in [0.05, 0.1) is 0 Å². The summed E-state index contributed by atoms with van der Waals surface area (Å²) in [5.41, 5.74) is 2.55. The number of carbonyl (C=O) groups is 1. The standard InChI is InChI=1S/C21H31N3O2/c1-20(2,3)26-19(25)24-13-21(14-24)11-15(12-21)6-8-17-9-7-16-5-4-10-22-18(16)23-17/h7,9,15H,4-6,8,10-14H2,1-3H3,(H,22,23). The van der Waals surface area contributed by atoms with Gasteiger partial charge in [0, 0.05) is 30.7 Å². The van der Waals surface area contributed by atoms with Gasteiger partial charge in [0.2, 0.25) is 0 Å². The second-order valence-corrected chi connectivity index (χ2v) is 9.49.